The molecular weight excluding hydrogens is 188 g/mol. The molecule has 2 rings (SSSR count). The van der Waals surface area contributed by atoms with E-state index in [2.05, 4.69) is 10.6 Å². The van der Waals surface area contributed by atoms with Crippen LogP contribution >= 0.6 is 0 Å². The zero-order valence-electron chi connectivity index (χ0n) is 9.80. The van der Waals surface area contributed by atoms with Gasteiger partial charge in [0.05, 0.1) is 6.10 Å². The van der Waals surface area contributed by atoms with Crippen molar-refractivity contribution in [1.29, 1.82) is 0 Å². The SMILES string of the molecule is C1CCCNCC1.OC1CCCNCC1. The van der Waals surface area contributed by atoms with Gasteiger partial charge in [-0.2, -0.15) is 0 Å². The van der Waals surface area contributed by atoms with Gasteiger partial charge in [-0.3, -0.25) is 0 Å². The van der Waals surface area contributed by atoms with Crippen molar-refractivity contribution in [2.75, 3.05) is 26.2 Å². The fourth-order valence-electron chi connectivity index (χ4n) is 1.98. The van der Waals surface area contributed by atoms with Gasteiger partial charge in [-0.25, -0.2) is 0 Å². The van der Waals surface area contributed by atoms with Gasteiger partial charge in [0.25, 0.3) is 0 Å². The van der Waals surface area contributed by atoms with Crippen molar-refractivity contribution in [2.45, 2.75) is 51.0 Å². The van der Waals surface area contributed by atoms with Crippen LogP contribution < -0.4 is 10.6 Å². The molecule has 90 valence electrons. The largest absolute Gasteiger partial charge is 0.393 e. The third kappa shape index (κ3) is 7.77. The molecular formula is C12H26N2O. The summed E-state index contributed by atoms with van der Waals surface area (Å²) in [7, 11) is 0. The second-order valence-corrected chi connectivity index (χ2v) is 4.50. The van der Waals surface area contributed by atoms with Gasteiger partial charge >= 0.3 is 0 Å². The maximum atomic E-state index is 9.05. The minimum atomic E-state index is -0.0370. The maximum Gasteiger partial charge on any atom is 0.0552 e. The zero-order valence-corrected chi connectivity index (χ0v) is 9.80. The van der Waals surface area contributed by atoms with Crippen molar-refractivity contribution in [3.63, 3.8) is 0 Å². The molecule has 0 aromatic heterocycles. The van der Waals surface area contributed by atoms with E-state index >= 15 is 0 Å². The first-order chi connectivity index (χ1) is 7.39. The fraction of sp³-hybridized carbons (Fsp3) is 1.00. The Morgan fingerprint density at radius 3 is 2.00 bits per heavy atom. The first kappa shape index (κ1) is 12.9. The lowest BCUT2D eigenvalue weighted by molar-refractivity contribution is 0.161. The third-order valence-electron chi connectivity index (χ3n) is 3.00. The number of hydrogen-bond donors (Lipinski definition) is 3. The van der Waals surface area contributed by atoms with Crippen LogP contribution in [0.1, 0.15) is 44.9 Å². The summed E-state index contributed by atoms with van der Waals surface area (Å²) in [5.41, 5.74) is 0. The Balaban J connectivity index is 0.000000151. The minimum Gasteiger partial charge on any atom is -0.393 e. The van der Waals surface area contributed by atoms with E-state index in [0.29, 0.717) is 0 Å². The molecule has 0 aromatic rings. The highest BCUT2D eigenvalue weighted by molar-refractivity contribution is 4.63. The molecule has 0 bridgehead atoms. The first-order valence-electron chi connectivity index (χ1n) is 6.49. The Hall–Kier alpha value is -0.120. The van der Waals surface area contributed by atoms with E-state index in [1.807, 2.05) is 0 Å². The number of rotatable bonds is 0. The quantitative estimate of drug-likeness (QED) is 0.569. The van der Waals surface area contributed by atoms with Gasteiger partial charge in [0.1, 0.15) is 0 Å². The second kappa shape index (κ2) is 9.13. The highest BCUT2D eigenvalue weighted by Crippen LogP contribution is 2.02. The first-order valence-corrected chi connectivity index (χ1v) is 6.49. The molecule has 2 fully saturated rings. The van der Waals surface area contributed by atoms with E-state index in [9.17, 15) is 0 Å². The van der Waals surface area contributed by atoms with Crippen LogP contribution in [0, 0.1) is 0 Å². The lowest BCUT2D eigenvalue weighted by atomic mass is 10.2. The smallest absolute Gasteiger partial charge is 0.0552 e. The molecule has 0 amide bonds. The van der Waals surface area contributed by atoms with Crippen LogP contribution in [0.15, 0.2) is 0 Å². The summed E-state index contributed by atoms with van der Waals surface area (Å²) in [5.74, 6) is 0. The maximum absolute atomic E-state index is 9.05. The Kier molecular flexibility index (Phi) is 7.88. The summed E-state index contributed by atoms with van der Waals surface area (Å²) in [5, 5.41) is 15.6. The summed E-state index contributed by atoms with van der Waals surface area (Å²) in [4.78, 5) is 0. The zero-order chi connectivity index (χ0) is 10.8. The molecule has 2 aliphatic heterocycles. The molecule has 0 spiro atoms. The third-order valence-corrected chi connectivity index (χ3v) is 3.00. The molecule has 3 N–H and O–H groups in total. The van der Waals surface area contributed by atoms with Crippen molar-refractivity contribution >= 4 is 0 Å². The van der Waals surface area contributed by atoms with Crippen LogP contribution in [0.25, 0.3) is 0 Å². The van der Waals surface area contributed by atoms with Crippen LogP contribution in [0.2, 0.25) is 0 Å². The van der Waals surface area contributed by atoms with Crippen LogP contribution in [0.3, 0.4) is 0 Å². The molecule has 2 aliphatic rings. The predicted molar refractivity (Wildman–Crippen MR) is 64.1 cm³/mol. The number of hydrogen-bond acceptors (Lipinski definition) is 3. The molecule has 2 saturated heterocycles. The van der Waals surface area contributed by atoms with Crippen molar-refractivity contribution in [2.24, 2.45) is 0 Å². The van der Waals surface area contributed by atoms with E-state index in [4.69, 9.17) is 5.11 Å². The average molecular weight is 214 g/mol. The van der Waals surface area contributed by atoms with Crippen molar-refractivity contribution in [3.8, 4) is 0 Å². The molecule has 1 unspecified atom stereocenters. The van der Waals surface area contributed by atoms with Crippen LogP contribution in [-0.2, 0) is 0 Å². The van der Waals surface area contributed by atoms with Crippen molar-refractivity contribution in [1.82, 2.24) is 10.6 Å². The average Bonchev–Trinajstić information content (AvgIpc) is 2.64. The molecule has 1 atom stereocenters. The molecule has 15 heavy (non-hydrogen) atoms. The Labute approximate surface area is 93.6 Å². The Bertz CT molecular complexity index is 114. The summed E-state index contributed by atoms with van der Waals surface area (Å²) in [6.45, 7) is 4.57. The predicted octanol–water partition coefficient (Wildman–Crippen LogP) is 1.27. The monoisotopic (exact) mass is 214 g/mol. The normalized spacial score (nSPS) is 28.2. The van der Waals surface area contributed by atoms with Gasteiger partial charge in [0.15, 0.2) is 0 Å². The lowest BCUT2D eigenvalue weighted by Gasteiger charge is -2.01. The van der Waals surface area contributed by atoms with E-state index in [1.54, 1.807) is 0 Å². The highest BCUT2D eigenvalue weighted by atomic mass is 16.3. The minimum absolute atomic E-state index is 0.0370. The number of aliphatic hydroxyl groups is 1. The van der Waals surface area contributed by atoms with Crippen LogP contribution in [0.5, 0.6) is 0 Å². The van der Waals surface area contributed by atoms with E-state index < -0.39 is 0 Å². The standard InChI is InChI=1S/C6H13NO.C6H13N/c8-6-2-1-4-7-5-3-6;1-2-4-6-7-5-3-1/h6-8H,1-5H2;7H,1-6H2. The topological polar surface area (TPSA) is 44.3 Å². The van der Waals surface area contributed by atoms with Gasteiger partial charge in [-0.15, -0.1) is 0 Å². The Morgan fingerprint density at radius 1 is 0.667 bits per heavy atom. The fourth-order valence-corrected chi connectivity index (χ4v) is 1.98. The van der Waals surface area contributed by atoms with Crippen LogP contribution in [0.4, 0.5) is 0 Å². The highest BCUT2D eigenvalue weighted by Gasteiger charge is 2.05. The van der Waals surface area contributed by atoms with Gasteiger partial charge in [0, 0.05) is 0 Å². The van der Waals surface area contributed by atoms with Gasteiger partial charge in [-0.05, 0) is 58.3 Å². The molecule has 0 aromatic carbocycles. The Morgan fingerprint density at radius 2 is 1.27 bits per heavy atom. The summed E-state index contributed by atoms with van der Waals surface area (Å²) >= 11 is 0. The van der Waals surface area contributed by atoms with E-state index in [0.717, 1.165) is 32.4 Å². The van der Waals surface area contributed by atoms with Gasteiger partial charge in [0.2, 0.25) is 0 Å². The van der Waals surface area contributed by atoms with Crippen LogP contribution in [-0.4, -0.2) is 37.4 Å². The van der Waals surface area contributed by atoms with Gasteiger partial charge in [-0.1, -0.05) is 12.8 Å². The van der Waals surface area contributed by atoms with Crippen molar-refractivity contribution < 1.29 is 5.11 Å². The summed E-state index contributed by atoms with van der Waals surface area (Å²) in [6.07, 6.45) is 8.65. The molecule has 0 saturated carbocycles. The van der Waals surface area contributed by atoms with Crippen molar-refractivity contribution in [3.05, 3.63) is 0 Å². The van der Waals surface area contributed by atoms with E-state index in [1.165, 1.54) is 38.8 Å². The molecule has 2 heterocycles. The number of nitrogens with one attached hydrogen (secondary N) is 2. The second-order valence-electron chi connectivity index (χ2n) is 4.50. The summed E-state index contributed by atoms with van der Waals surface area (Å²) < 4.78 is 0. The molecule has 0 radical (unpaired) electrons. The summed E-state index contributed by atoms with van der Waals surface area (Å²) in [6, 6.07) is 0. The number of aliphatic hydroxyl groups excluding tert-OH is 1. The molecule has 0 aliphatic carbocycles. The molecule has 3 heteroatoms. The van der Waals surface area contributed by atoms with Gasteiger partial charge < -0.3 is 15.7 Å². The lowest BCUT2D eigenvalue weighted by Crippen LogP contribution is -2.14. The molecule has 3 nitrogen and oxygen atoms in total. The van der Waals surface area contributed by atoms with E-state index in [-0.39, 0.29) is 6.10 Å².